The lowest BCUT2D eigenvalue weighted by Gasteiger charge is -2.28. The van der Waals surface area contributed by atoms with Gasteiger partial charge in [-0.2, -0.15) is 0 Å². The van der Waals surface area contributed by atoms with Crippen molar-refractivity contribution in [1.29, 1.82) is 0 Å². The van der Waals surface area contributed by atoms with Crippen LogP contribution in [0.1, 0.15) is 40.2 Å². The van der Waals surface area contributed by atoms with Gasteiger partial charge in [0.25, 0.3) is 5.91 Å². The van der Waals surface area contributed by atoms with Gasteiger partial charge < -0.3 is 5.32 Å². The summed E-state index contributed by atoms with van der Waals surface area (Å²) in [4.78, 5) is 41.3. The topological polar surface area (TPSA) is 66.5 Å². The average Bonchev–Trinajstić information content (AvgIpc) is 3.52. The summed E-state index contributed by atoms with van der Waals surface area (Å²) >= 11 is 0. The Kier molecular flexibility index (Phi) is 4.87. The SMILES string of the molecule is Cc1ccccc1NC(=O)c1cccc(N2C(=O)[C@@H]3[C@@H]4C[C@@H]([C@@H]3C2=O)[C@H](c2ccccc2)C4)c1. The molecule has 2 saturated carbocycles. The van der Waals surface area contributed by atoms with E-state index in [9.17, 15) is 14.4 Å². The molecule has 3 fully saturated rings. The first-order valence-corrected chi connectivity index (χ1v) is 11.9. The number of carbonyl (C=O) groups excluding carboxylic acids is 3. The summed E-state index contributed by atoms with van der Waals surface area (Å²) in [6.07, 6.45) is 1.90. The van der Waals surface area contributed by atoms with Gasteiger partial charge in [0.05, 0.1) is 17.5 Å². The molecule has 1 aliphatic heterocycles. The van der Waals surface area contributed by atoms with Crippen LogP contribution >= 0.6 is 0 Å². The van der Waals surface area contributed by atoms with Crippen molar-refractivity contribution in [3.05, 3.63) is 95.6 Å². The van der Waals surface area contributed by atoms with E-state index in [-0.39, 0.29) is 41.4 Å². The Labute approximate surface area is 198 Å². The fourth-order valence-electron chi connectivity index (χ4n) is 6.49. The van der Waals surface area contributed by atoms with Crippen LogP contribution < -0.4 is 10.2 Å². The van der Waals surface area contributed by atoms with Gasteiger partial charge in [-0.05, 0) is 72.9 Å². The van der Waals surface area contributed by atoms with Crippen LogP contribution in [0.3, 0.4) is 0 Å². The van der Waals surface area contributed by atoms with Crippen LogP contribution in [0.2, 0.25) is 0 Å². The van der Waals surface area contributed by atoms with E-state index in [4.69, 9.17) is 0 Å². The summed E-state index contributed by atoms with van der Waals surface area (Å²) in [5.41, 5.74) is 3.88. The quantitative estimate of drug-likeness (QED) is 0.557. The molecule has 34 heavy (non-hydrogen) atoms. The lowest BCUT2D eigenvalue weighted by molar-refractivity contribution is -0.123. The summed E-state index contributed by atoms with van der Waals surface area (Å²) in [5, 5.41) is 2.93. The number of nitrogens with zero attached hydrogens (tertiary/aromatic N) is 1. The van der Waals surface area contributed by atoms with E-state index >= 15 is 0 Å². The molecular formula is C29H26N2O3. The Balaban J connectivity index is 1.26. The Morgan fingerprint density at radius 2 is 1.59 bits per heavy atom. The van der Waals surface area contributed by atoms with E-state index in [0.717, 1.165) is 24.1 Å². The molecule has 170 valence electrons. The molecule has 3 aromatic rings. The van der Waals surface area contributed by atoms with Crippen molar-refractivity contribution < 1.29 is 14.4 Å². The zero-order valence-corrected chi connectivity index (χ0v) is 19.0. The Bertz CT molecular complexity index is 1300. The predicted molar refractivity (Wildman–Crippen MR) is 130 cm³/mol. The van der Waals surface area contributed by atoms with Gasteiger partial charge in [-0.25, -0.2) is 0 Å². The highest BCUT2D eigenvalue weighted by Gasteiger charge is 2.64. The molecule has 3 aromatic carbocycles. The molecule has 2 aliphatic carbocycles. The molecule has 0 spiro atoms. The van der Waals surface area contributed by atoms with Gasteiger partial charge in [-0.15, -0.1) is 0 Å². The van der Waals surface area contributed by atoms with E-state index in [1.165, 1.54) is 10.5 Å². The monoisotopic (exact) mass is 450 g/mol. The van der Waals surface area contributed by atoms with Crippen LogP contribution in [0, 0.1) is 30.6 Å². The number of carbonyl (C=O) groups is 3. The van der Waals surface area contributed by atoms with Crippen molar-refractivity contribution in [2.24, 2.45) is 23.7 Å². The number of anilines is 2. The van der Waals surface area contributed by atoms with Gasteiger partial charge in [0, 0.05) is 11.3 Å². The smallest absolute Gasteiger partial charge is 0.255 e. The van der Waals surface area contributed by atoms with Gasteiger partial charge in [-0.3, -0.25) is 19.3 Å². The number of hydrogen-bond donors (Lipinski definition) is 1. The summed E-state index contributed by atoms with van der Waals surface area (Å²) < 4.78 is 0. The molecule has 6 rings (SSSR count). The van der Waals surface area contributed by atoms with Crippen LogP contribution in [0.4, 0.5) is 11.4 Å². The molecule has 3 amide bonds. The lowest BCUT2D eigenvalue weighted by atomic mass is 9.73. The number of hydrogen-bond acceptors (Lipinski definition) is 3. The molecule has 2 bridgehead atoms. The highest BCUT2D eigenvalue weighted by Crippen LogP contribution is 2.61. The second kappa shape index (κ2) is 7.94. The molecule has 0 aromatic heterocycles. The minimum Gasteiger partial charge on any atom is -0.322 e. The minimum absolute atomic E-state index is 0.106. The van der Waals surface area contributed by atoms with Crippen molar-refractivity contribution >= 4 is 29.1 Å². The molecule has 5 heteroatoms. The Hall–Kier alpha value is -3.73. The summed E-state index contributed by atoms with van der Waals surface area (Å²) in [7, 11) is 0. The molecule has 0 unspecified atom stereocenters. The van der Waals surface area contributed by atoms with Crippen molar-refractivity contribution in [3.8, 4) is 0 Å². The lowest BCUT2D eigenvalue weighted by Crippen LogP contribution is -2.33. The van der Waals surface area contributed by atoms with E-state index in [1.54, 1.807) is 24.3 Å². The van der Waals surface area contributed by atoms with Crippen LogP contribution in [-0.4, -0.2) is 17.7 Å². The summed E-state index contributed by atoms with van der Waals surface area (Å²) in [6, 6.07) is 24.8. The second-order valence-corrected chi connectivity index (χ2v) is 9.80. The average molecular weight is 451 g/mol. The molecule has 1 heterocycles. The zero-order chi connectivity index (χ0) is 23.4. The molecule has 3 aliphatic rings. The Morgan fingerprint density at radius 1 is 0.853 bits per heavy atom. The number of para-hydroxylation sites is 1. The maximum absolute atomic E-state index is 13.6. The Morgan fingerprint density at radius 3 is 2.38 bits per heavy atom. The first-order valence-electron chi connectivity index (χ1n) is 11.9. The number of benzene rings is 3. The highest BCUT2D eigenvalue weighted by atomic mass is 16.2. The minimum atomic E-state index is -0.264. The van der Waals surface area contributed by atoms with Crippen molar-refractivity contribution in [2.45, 2.75) is 25.7 Å². The number of amides is 3. The molecule has 5 nitrogen and oxygen atoms in total. The van der Waals surface area contributed by atoms with Gasteiger partial charge >= 0.3 is 0 Å². The van der Waals surface area contributed by atoms with E-state index in [2.05, 4.69) is 17.4 Å². The van der Waals surface area contributed by atoms with Crippen LogP contribution in [0.5, 0.6) is 0 Å². The van der Waals surface area contributed by atoms with Crippen LogP contribution in [0.25, 0.3) is 0 Å². The fourth-order valence-corrected chi connectivity index (χ4v) is 6.49. The van der Waals surface area contributed by atoms with Crippen molar-refractivity contribution in [1.82, 2.24) is 0 Å². The molecule has 1 N–H and O–H groups in total. The third-order valence-electron chi connectivity index (χ3n) is 8.00. The molecular weight excluding hydrogens is 424 g/mol. The van der Waals surface area contributed by atoms with Crippen LogP contribution in [0.15, 0.2) is 78.9 Å². The maximum Gasteiger partial charge on any atom is 0.255 e. The number of rotatable bonds is 4. The predicted octanol–water partition coefficient (Wildman–Crippen LogP) is 5.18. The first kappa shape index (κ1) is 20.8. The van der Waals surface area contributed by atoms with Crippen molar-refractivity contribution in [2.75, 3.05) is 10.2 Å². The van der Waals surface area contributed by atoms with Gasteiger partial charge in [0.1, 0.15) is 0 Å². The number of aryl methyl sites for hydroxylation is 1. The highest BCUT2D eigenvalue weighted by molar-refractivity contribution is 6.23. The molecule has 1 saturated heterocycles. The first-order chi connectivity index (χ1) is 16.5. The van der Waals surface area contributed by atoms with Crippen LogP contribution in [-0.2, 0) is 9.59 Å². The standard InChI is InChI=1S/C29H26N2O3/c1-17-8-5-6-13-24(17)30-27(32)19-11-7-12-21(14-19)31-28(33)25-20-15-22(18-9-3-2-4-10-18)23(16-20)26(25)29(31)34/h2-14,20,22-23,25-26H,15-16H2,1H3,(H,30,32)/t20-,22-,23+,25+,26-/m0/s1. The fraction of sp³-hybridized carbons (Fsp3) is 0.276. The van der Waals surface area contributed by atoms with Gasteiger partial charge in [0.15, 0.2) is 0 Å². The van der Waals surface area contributed by atoms with Gasteiger partial charge in [-0.1, -0.05) is 54.6 Å². The third-order valence-corrected chi connectivity index (χ3v) is 8.00. The number of fused-ring (bicyclic) bond motifs is 5. The maximum atomic E-state index is 13.6. The van der Waals surface area contributed by atoms with E-state index in [0.29, 0.717) is 17.2 Å². The van der Waals surface area contributed by atoms with E-state index in [1.807, 2.05) is 49.4 Å². The number of imide groups is 1. The second-order valence-electron chi connectivity index (χ2n) is 9.80. The van der Waals surface area contributed by atoms with Crippen molar-refractivity contribution in [3.63, 3.8) is 0 Å². The normalized spacial score (nSPS) is 27.2. The molecule has 0 radical (unpaired) electrons. The largest absolute Gasteiger partial charge is 0.322 e. The zero-order valence-electron chi connectivity index (χ0n) is 19.0. The third kappa shape index (κ3) is 3.18. The van der Waals surface area contributed by atoms with E-state index < -0.39 is 0 Å². The van der Waals surface area contributed by atoms with Gasteiger partial charge in [0.2, 0.25) is 11.8 Å². The summed E-state index contributed by atoms with van der Waals surface area (Å²) in [5.74, 6) is -0.205. The number of nitrogens with one attached hydrogen (secondary N) is 1. The summed E-state index contributed by atoms with van der Waals surface area (Å²) in [6.45, 7) is 1.93. The molecule has 5 atom stereocenters.